The summed E-state index contributed by atoms with van der Waals surface area (Å²) in [5.74, 6) is 0.850. The number of fused-ring (bicyclic) bond motifs is 1. The highest BCUT2D eigenvalue weighted by Gasteiger charge is 2.28. The van der Waals surface area contributed by atoms with E-state index in [4.69, 9.17) is 4.74 Å². The van der Waals surface area contributed by atoms with Crippen molar-refractivity contribution in [1.82, 2.24) is 0 Å². The molecule has 1 aromatic rings. The second kappa shape index (κ2) is 4.34. The Morgan fingerprint density at radius 3 is 2.88 bits per heavy atom. The highest BCUT2D eigenvalue weighted by Crippen LogP contribution is 2.33. The number of benzene rings is 1. The number of ether oxygens (including phenoxy) is 1. The smallest absolute Gasteiger partial charge is 0.161 e. The molecule has 3 nitrogen and oxygen atoms in total. The molecule has 2 N–H and O–H groups in total. The monoisotopic (exact) mass is 222 g/mol. The van der Waals surface area contributed by atoms with Gasteiger partial charge in [-0.05, 0) is 17.7 Å². The molecule has 0 fully saturated rings. The number of quaternary nitrogens is 1. The molecule has 1 aromatic carbocycles. The number of aromatic hydroxyl groups is 1. The zero-order valence-electron chi connectivity index (χ0n) is 10.2. The van der Waals surface area contributed by atoms with Crippen LogP contribution in [0.1, 0.15) is 30.5 Å². The maximum Gasteiger partial charge on any atom is 0.161 e. The van der Waals surface area contributed by atoms with E-state index in [0.717, 1.165) is 19.4 Å². The van der Waals surface area contributed by atoms with Crippen molar-refractivity contribution in [3.63, 3.8) is 0 Å². The molecule has 0 spiro atoms. The SMILES string of the molecule is CC[C@H]1c2cc(OC)c(O)cc2CC[NH+]1C. The van der Waals surface area contributed by atoms with Gasteiger partial charge in [-0.25, -0.2) is 0 Å². The summed E-state index contributed by atoms with van der Waals surface area (Å²) in [6.45, 7) is 3.35. The van der Waals surface area contributed by atoms with Gasteiger partial charge in [0, 0.05) is 18.4 Å². The molecule has 0 saturated carbocycles. The lowest BCUT2D eigenvalue weighted by Crippen LogP contribution is -3.10. The molecule has 1 aliphatic heterocycles. The minimum Gasteiger partial charge on any atom is -0.504 e. The Bertz CT molecular complexity index is 390. The number of phenolic OH excluding ortho intramolecular Hbond substituents is 1. The highest BCUT2D eigenvalue weighted by molar-refractivity contribution is 5.47. The number of hydrogen-bond acceptors (Lipinski definition) is 2. The predicted octanol–water partition coefficient (Wildman–Crippen LogP) is 0.923. The largest absolute Gasteiger partial charge is 0.504 e. The summed E-state index contributed by atoms with van der Waals surface area (Å²) in [5, 5.41) is 9.76. The molecule has 0 radical (unpaired) electrons. The zero-order valence-corrected chi connectivity index (χ0v) is 10.2. The van der Waals surface area contributed by atoms with Crippen LogP contribution in [-0.2, 0) is 6.42 Å². The maximum atomic E-state index is 9.76. The lowest BCUT2D eigenvalue weighted by molar-refractivity contribution is -0.914. The summed E-state index contributed by atoms with van der Waals surface area (Å²) >= 11 is 0. The Labute approximate surface area is 96.6 Å². The summed E-state index contributed by atoms with van der Waals surface area (Å²) in [6.07, 6.45) is 2.15. The Balaban J connectivity index is 2.48. The summed E-state index contributed by atoms with van der Waals surface area (Å²) < 4.78 is 5.18. The van der Waals surface area contributed by atoms with Crippen molar-refractivity contribution in [3.05, 3.63) is 23.3 Å². The molecule has 0 aromatic heterocycles. The van der Waals surface area contributed by atoms with Crippen LogP contribution in [0.3, 0.4) is 0 Å². The van der Waals surface area contributed by atoms with E-state index in [1.54, 1.807) is 12.0 Å². The standard InChI is InChI=1S/C13H19NO2/c1-4-11-10-8-13(16-3)12(15)7-9(10)5-6-14(11)2/h7-8,11,15H,4-6H2,1-3H3/p+1/t11-/m0/s1. The van der Waals surface area contributed by atoms with Gasteiger partial charge in [0.2, 0.25) is 0 Å². The molecule has 1 unspecified atom stereocenters. The van der Waals surface area contributed by atoms with Gasteiger partial charge in [0.05, 0.1) is 20.7 Å². The molecule has 1 heterocycles. The van der Waals surface area contributed by atoms with Crippen LogP contribution in [0.4, 0.5) is 0 Å². The number of likely N-dealkylation sites (N-methyl/N-ethyl adjacent to an activating group) is 1. The first-order valence-electron chi connectivity index (χ1n) is 5.89. The van der Waals surface area contributed by atoms with Crippen LogP contribution in [0.5, 0.6) is 11.5 Å². The second-order valence-corrected chi connectivity index (χ2v) is 4.53. The van der Waals surface area contributed by atoms with Gasteiger partial charge < -0.3 is 14.7 Å². The van der Waals surface area contributed by atoms with Crippen molar-refractivity contribution in [3.8, 4) is 11.5 Å². The third-order valence-electron chi connectivity index (χ3n) is 3.61. The minimum absolute atomic E-state index is 0.260. The van der Waals surface area contributed by atoms with Crippen molar-refractivity contribution in [2.75, 3.05) is 20.7 Å². The normalized spacial score (nSPS) is 23.9. The van der Waals surface area contributed by atoms with E-state index in [2.05, 4.69) is 14.0 Å². The van der Waals surface area contributed by atoms with Crippen LogP contribution in [0.25, 0.3) is 0 Å². The molecule has 0 saturated heterocycles. The van der Waals surface area contributed by atoms with Crippen molar-refractivity contribution in [1.29, 1.82) is 0 Å². The molecule has 2 rings (SSSR count). The second-order valence-electron chi connectivity index (χ2n) is 4.53. The number of hydrogen-bond donors (Lipinski definition) is 2. The van der Waals surface area contributed by atoms with Crippen LogP contribution in [0, 0.1) is 0 Å². The Morgan fingerprint density at radius 2 is 2.25 bits per heavy atom. The highest BCUT2D eigenvalue weighted by atomic mass is 16.5. The van der Waals surface area contributed by atoms with Gasteiger partial charge in [-0.3, -0.25) is 0 Å². The molecular formula is C13H20NO2+. The summed E-state index contributed by atoms with van der Waals surface area (Å²) in [6, 6.07) is 4.39. The van der Waals surface area contributed by atoms with Gasteiger partial charge in [-0.1, -0.05) is 6.92 Å². The average molecular weight is 222 g/mol. The summed E-state index contributed by atoms with van der Waals surface area (Å²) in [7, 11) is 3.83. The number of phenols is 1. The third kappa shape index (κ3) is 1.76. The fraction of sp³-hybridized carbons (Fsp3) is 0.538. The topological polar surface area (TPSA) is 33.9 Å². The van der Waals surface area contributed by atoms with E-state index >= 15 is 0 Å². The van der Waals surface area contributed by atoms with E-state index in [1.807, 2.05) is 12.1 Å². The van der Waals surface area contributed by atoms with Gasteiger partial charge in [0.25, 0.3) is 0 Å². The molecule has 88 valence electrons. The number of nitrogens with one attached hydrogen (secondary N) is 1. The predicted molar refractivity (Wildman–Crippen MR) is 63.1 cm³/mol. The van der Waals surface area contributed by atoms with Crippen LogP contribution >= 0.6 is 0 Å². The molecule has 0 bridgehead atoms. The summed E-state index contributed by atoms with van der Waals surface area (Å²) in [5.41, 5.74) is 2.61. The first kappa shape index (κ1) is 11.3. The van der Waals surface area contributed by atoms with Crippen LogP contribution < -0.4 is 9.64 Å². The third-order valence-corrected chi connectivity index (χ3v) is 3.61. The van der Waals surface area contributed by atoms with Crippen molar-refractivity contribution >= 4 is 0 Å². The quantitative estimate of drug-likeness (QED) is 0.780. The minimum atomic E-state index is 0.260. The fourth-order valence-electron chi connectivity index (χ4n) is 2.67. The van der Waals surface area contributed by atoms with E-state index in [9.17, 15) is 5.11 Å². The number of rotatable bonds is 2. The zero-order chi connectivity index (χ0) is 11.7. The van der Waals surface area contributed by atoms with Crippen LogP contribution in [-0.4, -0.2) is 25.8 Å². The van der Waals surface area contributed by atoms with Crippen LogP contribution in [0.15, 0.2) is 12.1 Å². The van der Waals surface area contributed by atoms with Gasteiger partial charge in [-0.2, -0.15) is 0 Å². The molecule has 16 heavy (non-hydrogen) atoms. The lowest BCUT2D eigenvalue weighted by atomic mass is 9.91. The molecule has 0 aliphatic carbocycles. The first-order valence-corrected chi connectivity index (χ1v) is 5.89. The maximum absolute atomic E-state index is 9.76. The first-order chi connectivity index (χ1) is 7.67. The Morgan fingerprint density at radius 1 is 1.50 bits per heavy atom. The van der Waals surface area contributed by atoms with Gasteiger partial charge in [0.1, 0.15) is 6.04 Å². The number of methoxy groups -OCH3 is 1. The van der Waals surface area contributed by atoms with E-state index in [0.29, 0.717) is 11.8 Å². The molecule has 0 amide bonds. The van der Waals surface area contributed by atoms with E-state index in [-0.39, 0.29) is 5.75 Å². The fourth-order valence-corrected chi connectivity index (χ4v) is 2.67. The van der Waals surface area contributed by atoms with Gasteiger partial charge in [0.15, 0.2) is 11.5 Å². The van der Waals surface area contributed by atoms with Crippen LogP contribution in [0.2, 0.25) is 0 Å². The molecule has 1 aliphatic rings. The Kier molecular flexibility index (Phi) is 3.06. The van der Waals surface area contributed by atoms with E-state index < -0.39 is 0 Å². The van der Waals surface area contributed by atoms with Crippen molar-refractivity contribution in [2.45, 2.75) is 25.8 Å². The molecular weight excluding hydrogens is 202 g/mol. The van der Waals surface area contributed by atoms with Gasteiger partial charge in [-0.15, -0.1) is 0 Å². The Hall–Kier alpha value is -1.22. The van der Waals surface area contributed by atoms with E-state index in [1.165, 1.54) is 11.1 Å². The van der Waals surface area contributed by atoms with Crippen molar-refractivity contribution in [2.24, 2.45) is 0 Å². The van der Waals surface area contributed by atoms with Crippen molar-refractivity contribution < 1.29 is 14.7 Å². The lowest BCUT2D eigenvalue weighted by Gasteiger charge is -2.31. The summed E-state index contributed by atoms with van der Waals surface area (Å²) in [4.78, 5) is 1.54. The molecule has 2 atom stereocenters. The van der Waals surface area contributed by atoms with Gasteiger partial charge >= 0.3 is 0 Å². The average Bonchev–Trinajstić information content (AvgIpc) is 2.28. The molecule has 3 heteroatoms.